The predicted octanol–water partition coefficient (Wildman–Crippen LogP) is 3.99. The van der Waals surface area contributed by atoms with E-state index in [1.54, 1.807) is 10.9 Å². The number of carboxylic acid groups (broad SMARTS) is 1. The first-order valence-electron chi connectivity index (χ1n) is 10.7. The average molecular weight is 439 g/mol. The van der Waals surface area contributed by atoms with Crippen LogP contribution in [0.4, 0.5) is 16.3 Å². The van der Waals surface area contributed by atoms with Crippen LogP contribution in [0.2, 0.25) is 0 Å². The third-order valence-electron chi connectivity index (χ3n) is 6.11. The second-order valence-electron chi connectivity index (χ2n) is 9.30. The lowest BCUT2D eigenvalue weighted by atomic mass is 9.74. The Balaban J connectivity index is 1.93. The summed E-state index contributed by atoms with van der Waals surface area (Å²) in [6.07, 6.45) is 2.07. The van der Waals surface area contributed by atoms with Crippen LogP contribution >= 0.6 is 0 Å². The second-order valence-corrected chi connectivity index (χ2v) is 9.30. The van der Waals surface area contributed by atoms with Crippen LogP contribution in [0, 0.1) is 22.7 Å². The Morgan fingerprint density at radius 2 is 2.03 bits per heavy atom. The highest BCUT2D eigenvalue weighted by Crippen LogP contribution is 2.40. The maximum atomic E-state index is 12.1. The summed E-state index contributed by atoms with van der Waals surface area (Å²) in [5.41, 5.74) is 6.35. The Morgan fingerprint density at radius 1 is 1.34 bits per heavy atom. The van der Waals surface area contributed by atoms with Crippen LogP contribution < -0.4 is 11.1 Å². The SMILES string of the molecule is CC(C)(C)C1CC([C@@H](CC#N)n2cc(C(N)=O)c(Nc3ccccc3)n2)CCN1C(=O)O. The number of primary amides is 1. The van der Waals surface area contributed by atoms with Crippen LogP contribution in [-0.2, 0) is 0 Å². The maximum Gasteiger partial charge on any atom is 0.407 e. The van der Waals surface area contributed by atoms with E-state index in [0.29, 0.717) is 25.2 Å². The second kappa shape index (κ2) is 9.30. The zero-order valence-corrected chi connectivity index (χ0v) is 18.7. The fourth-order valence-electron chi connectivity index (χ4n) is 4.45. The van der Waals surface area contributed by atoms with Crippen LogP contribution in [0.15, 0.2) is 36.5 Å². The number of piperidine rings is 1. The number of aromatic nitrogens is 2. The predicted molar refractivity (Wildman–Crippen MR) is 120 cm³/mol. The number of hydrogen-bond acceptors (Lipinski definition) is 5. The zero-order valence-electron chi connectivity index (χ0n) is 18.7. The van der Waals surface area contributed by atoms with Crippen LogP contribution in [0.5, 0.6) is 0 Å². The van der Waals surface area contributed by atoms with Gasteiger partial charge in [0.25, 0.3) is 5.91 Å². The van der Waals surface area contributed by atoms with Crippen molar-refractivity contribution in [3.63, 3.8) is 0 Å². The molecule has 9 nitrogen and oxygen atoms in total. The van der Waals surface area contributed by atoms with Gasteiger partial charge < -0.3 is 21.1 Å². The van der Waals surface area contributed by atoms with Crippen molar-refractivity contribution in [1.82, 2.24) is 14.7 Å². The van der Waals surface area contributed by atoms with Gasteiger partial charge in [-0.1, -0.05) is 39.0 Å². The number of nitrogens with two attached hydrogens (primary N) is 1. The van der Waals surface area contributed by atoms with E-state index < -0.39 is 12.0 Å². The zero-order chi connectivity index (χ0) is 23.5. The van der Waals surface area contributed by atoms with Crippen molar-refractivity contribution >= 4 is 23.5 Å². The Morgan fingerprint density at radius 3 is 2.59 bits per heavy atom. The van der Waals surface area contributed by atoms with Gasteiger partial charge in [0.1, 0.15) is 5.56 Å². The summed E-state index contributed by atoms with van der Waals surface area (Å²) >= 11 is 0. The molecule has 0 aliphatic carbocycles. The van der Waals surface area contributed by atoms with E-state index in [2.05, 4.69) is 16.5 Å². The van der Waals surface area contributed by atoms with Gasteiger partial charge in [-0.05, 0) is 36.3 Å². The highest BCUT2D eigenvalue weighted by molar-refractivity contribution is 5.98. The highest BCUT2D eigenvalue weighted by Gasteiger charge is 2.41. The molecule has 2 amide bonds. The number of nitriles is 1. The molecule has 1 aliphatic rings. The maximum absolute atomic E-state index is 12.1. The number of rotatable bonds is 6. The molecule has 1 aliphatic heterocycles. The molecule has 0 bridgehead atoms. The van der Waals surface area contributed by atoms with E-state index >= 15 is 0 Å². The van der Waals surface area contributed by atoms with Gasteiger partial charge in [-0.3, -0.25) is 9.48 Å². The van der Waals surface area contributed by atoms with Crippen molar-refractivity contribution in [2.75, 3.05) is 11.9 Å². The molecule has 0 saturated carbocycles. The topological polar surface area (TPSA) is 137 Å². The number of benzene rings is 1. The number of nitrogens with zero attached hydrogens (tertiary/aromatic N) is 4. The molecule has 4 N–H and O–H groups in total. The van der Waals surface area contributed by atoms with Gasteiger partial charge >= 0.3 is 6.09 Å². The molecule has 170 valence electrons. The lowest BCUT2D eigenvalue weighted by Crippen LogP contribution is -2.52. The van der Waals surface area contributed by atoms with Crippen LogP contribution in [-0.4, -0.2) is 44.4 Å². The molecule has 1 saturated heterocycles. The molecule has 2 unspecified atom stereocenters. The summed E-state index contributed by atoms with van der Waals surface area (Å²) in [4.78, 5) is 25.4. The molecule has 1 aromatic carbocycles. The summed E-state index contributed by atoms with van der Waals surface area (Å²) in [5, 5.41) is 26.9. The van der Waals surface area contributed by atoms with Gasteiger partial charge in [-0.15, -0.1) is 0 Å². The number of para-hydroxylation sites is 1. The van der Waals surface area contributed by atoms with Gasteiger partial charge in [0.05, 0.1) is 18.5 Å². The van der Waals surface area contributed by atoms with E-state index in [1.165, 1.54) is 4.90 Å². The molecule has 3 rings (SSSR count). The van der Waals surface area contributed by atoms with Gasteiger partial charge in [-0.25, -0.2) is 4.79 Å². The first-order chi connectivity index (χ1) is 15.1. The summed E-state index contributed by atoms with van der Waals surface area (Å²) in [7, 11) is 0. The molecule has 0 radical (unpaired) electrons. The van der Waals surface area contributed by atoms with Crippen LogP contribution in [0.25, 0.3) is 0 Å². The number of carbonyl (C=O) groups is 2. The number of hydrogen-bond donors (Lipinski definition) is 3. The summed E-state index contributed by atoms with van der Waals surface area (Å²) in [6, 6.07) is 11.1. The lowest BCUT2D eigenvalue weighted by Gasteiger charge is -2.46. The minimum atomic E-state index is -0.926. The van der Waals surface area contributed by atoms with Crippen molar-refractivity contribution in [1.29, 1.82) is 5.26 Å². The van der Waals surface area contributed by atoms with E-state index in [-0.39, 0.29) is 35.4 Å². The molecular formula is C23H30N6O3. The van der Waals surface area contributed by atoms with Crippen molar-refractivity contribution < 1.29 is 14.7 Å². The molecular weight excluding hydrogens is 408 g/mol. The number of likely N-dealkylation sites (tertiary alicyclic amines) is 1. The standard InChI is InChI=1S/C23H30N6O3/c1-23(2,3)19-13-15(10-12-28(19)22(31)32)18(9-11-24)29-14-17(20(25)30)21(27-29)26-16-7-5-4-6-8-16/h4-8,14-15,18-19H,9-10,12-13H2,1-3H3,(H2,25,30)(H,26,27)(H,31,32)/t15?,18-,19?/m1/s1. The van der Waals surface area contributed by atoms with E-state index in [0.717, 1.165) is 5.69 Å². The van der Waals surface area contributed by atoms with E-state index in [4.69, 9.17) is 5.73 Å². The van der Waals surface area contributed by atoms with Crippen molar-refractivity contribution in [3.8, 4) is 6.07 Å². The van der Waals surface area contributed by atoms with Gasteiger partial charge in [0, 0.05) is 24.5 Å². The monoisotopic (exact) mass is 438 g/mol. The highest BCUT2D eigenvalue weighted by atomic mass is 16.4. The third kappa shape index (κ3) is 5.02. The molecule has 9 heteroatoms. The minimum absolute atomic E-state index is 0.0275. The summed E-state index contributed by atoms with van der Waals surface area (Å²) in [5.74, 6) is -0.250. The first kappa shape index (κ1) is 23.1. The Bertz CT molecular complexity index is 1000. The molecule has 2 aromatic rings. The Kier molecular flexibility index (Phi) is 6.72. The number of carbonyl (C=O) groups excluding carboxylic acids is 1. The van der Waals surface area contributed by atoms with Gasteiger partial charge in [0.2, 0.25) is 0 Å². The van der Waals surface area contributed by atoms with E-state index in [9.17, 15) is 20.0 Å². The number of nitrogens with one attached hydrogen (secondary N) is 1. The van der Waals surface area contributed by atoms with Crippen molar-refractivity contribution in [2.45, 2.75) is 52.1 Å². The Labute approximate surface area is 187 Å². The summed E-state index contributed by atoms with van der Waals surface area (Å²) in [6.45, 7) is 6.46. The fraction of sp³-hybridized carbons (Fsp3) is 0.478. The third-order valence-corrected chi connectivity index (χ3v) is 6.11. The Hall–Kier alpha value is -3.54. The smallest absolute Gasteiger partial charge is 0.407 e. The molecule has 32 heavy (non-hydrogen) atoms. The fourth-order valence-corrected chi connectivity index (χ4v) is 4.45. The lowest BCUT2D eigenvalue weighted by molar-refractivity contribution is 0.0282. The van der Waals surface area contributed by atoms with Crippen molar-refractivity contribution in [3.05, 3.63) is 42.1 Å². The van der Waals surface area contributed by atoms with Crippen molar-refractivity contribution in [2.24, 2.45) is 17.1 Å². The van der Waals surface area contributed by atoms with Gasteiger partial charge in [0.15, 0.2) is 5.82 Å². The molecule has 3 atom stereocenters. The quantitative estimate of drug-likeness (QED) is 0.624. The average Bonchev–Trinajstić information content (AvgIpc) is 3.15. The van der Waals surface area contributed by atoms with E-state index in [1.807, 2.05) is 51.1 Å². The normalized spacial score (nSPS) is 19.8. The first-order valence-corrected chi connectivity index (χ1v) is 10.7. The molecule has 0 spiro atoms. The van der Waals surface area contributed by atoms with Crippen LogP contribution in [0.3, 0.4) is 0 Å². The number of amides is 2. The molecule has 2 heterocycles. The number of anilines is 2. The van der Waals surface area contributed by atoms with Gasteiger partial charge in [-0.2, -0.15) is 10.4 Å². The molecule has 1 aromatic heterocycles. The minimum Gasteiger partial charge on any atom is -0.465 e. The largest absolute Gasteiger partial charge is 0.465 e. The van der Waals surface area contributed by atoms with Crippen LogP contribution in [0.1, 0.15) is 56.4 Å². The summed E-state index contributed by atoms with van der Waals surface area (Å²) < 4.78 is 1.65. The molecule has 1 fully saturated rings.